The third kappa shape index (κ3) is 52.6. The molecule has 0 fully saturated rings. The van der Waals surface area contributed by atoms with Gasteiger partial charge in [0.15, 0.2) is 0 Å². The van der Waals surface area contributed by atoms with Gasteiger partial charge in [-0.3, -0.25) is 9.59 Å². The zero-order valence-corrected chi connectivity index (χ0v) is 41.9. The van der Waals surface area contributed by atoms with E-state index in [1.807, 2.05) is 0 Å². The number of carboxylic acids is 1. The van der Waals surface area contributed by atoms with E-state index in [0.29, 0.717) is 18.9 Å². The molecule has 4 nitrogen and oxygen atoms in total. The molecule has 0 rings (SSSR count). The third-order valence-electron chi connectivity index (χ3n) is 12.2. The number of aliphatic carboxylic acids is 1. The molecule has 0 aliphatic heterocycles. The average Bonchev–Trinajstić information content (AvgIpc) is 3.21. The zero-order valence-electron chi connectivity index (χ0n) is 41.9. The maximum Gasteiger partial charge on any atom is 0.306 e. The van der Waals surface area contributed by atoms with Crippen LogP contribution in [0.1, 0.15) is 292 Å². The quantitative estimate of drug-likeness (QED) is 0.0377. The number of hydrogen-bond acceptors (Lipinski definition) is 3. The van der Waals surface area contributed by atoms with Gasteiger partial charge >= 0.3 is 11.9 Å². The van der Waals surface area contributed by atoms with E-state index >= 15 is 0 Å². The first-order chi connectivity index (χ1) is 29.1. The highest BCUT2D eigenvalue weighted by Crippen LogP contribution is 2.23. The fourth-order valence-corrected chi connectivity index (χ4v) is 7.96. The SMILES string of the molecule is CCCCCCCC/C=C\CCCCCCC(CCC(C)CCCC(C)C)C(=O)O.CCCCCCCC/C=C\CCCCCCCC(=O)OCCCCCCCC(C)C. The van der Waals surface area contributed by atoms with Crippen molar-refractivity contribution < 1.29 is 19.4 Å². The van der Waals surface area contributed by atoms with Crippen LogP contribution in [0, 0.1) is 23.7 Å². The van der Waals surface area contributed by atoms with Crippen molar-refractivity contribution >= 4 is 11.9 Å². The van der Waals surface area contributed by atoms with Gasteiger partial charge in [-0.1, -0.05) is 227 Å². The van der Waals surface area contributed by atoms with Crippen molar-refractivity contribution in [3.63, 3.8) is 0 Å². The summed E-state index contributed by atoms with van der Waals surface area (Å²) in [6, 6.07) is 0. The topological polar surface area (TPSA) is 63.6 Å². The Bertz CT molecular complexity index is 920. The maximum atomic E-state index is 11.8. The maximum absolute atomic E-state index is 11.8. The Balaban J connectivity index is 0. The second kappa shape index (κ2) is 50.1. The molecule has 0 radical (unpaired) electrons. The minimum Gasteiger partial charge on any atom is -0.481 e. The largest absolute Gasteiger partial charge is 0.481 e. The highest BCUT2D eigenvalue weighted by Gasteiger charge is 2.18. The predicted octanol–water partition coefficient (Wildman–Crippen LogP) is 19.1. The lowest BCUT2D eigenvalue weighted by molar-refractivity contribution is -0.144. The van der Waals surface area contributed by atoms with Crippen LogP contribution in [0.2, 0.25) is 0 Å². The van der Waals surface area contributed by atoms with Gasteiger partial charge in [-0.25, -0.2) is 0 Å². The molecule has 2 atom stereocenters. The van der Waals surface area contributed by atoms with E-state index < -0.39 is 5.97 Å². The first-order valence-corrected chi connectivity index (χ1v) is 26.8. The normalized spacial score (nSPS) is 12.8. The van der Waals surface area contributed by atoms with Crippen molar-refractivity contribution in [2.24, 2.45) is 23.7 Å². The standard InChI is InChI=1S/2C28H54O2/c1-5-6-7-8-9-10-11-12-13-14-15-16-17-18-22-27(28(29)30)24-23-26(4)21-19-20-25(2)3;1-4-5-6-7-8-9-10-11-12-13-14-15-16-19-22-25-28(29)30-26-23-20-17-18-21-24-27(2)3/h12-13,25-27H,5-11,14-24H2,1-4H3,(H,29,30);11-12,27H,4-10,13-26H2,1-3H3/b13-12-;12-11-. The van der Waals surface area contributed by atoms with E-state index in [1.54, 1.807) is 0 Å². The van der Waals surface area contributed by atoms with Crippen LogP contribution in [0.3, 0.4) is 0 Å². The van der Waals surface area contributed by atoms with Gasteiger partial charge in [0.05, 0.1) is 12.5 Å². The lowest BCUT2D eigenvalue weighted by Crippen LogP contribution is -2.15. The first-order valence-electron chi connectivity index (χ1n) is 26.8. The van der Waals surface area contributed by atoms with E-state index in [0.717, 1.165) is 56.8 Å². The molecule has 356 valence electrons. The van der Waals surface area contributed by atoms with Crippen LogP contribution in [-0.2, 0) is 14.3 Å². The van der Waals surface area contributed by atoms with Crippen LogP contribution >= 0.6 is 0 Å². The number of rotatable bonds is 45. The van der Waals surface area contributed by atoms with Crippen LogP contribution in [0.5, 0.6) is 0 Å². The number of hydrogen-bond donors (Lipinski definition) is 1. The van der Waals surface area contributed by atoms with Crippen LogP contribution < -0.4 is 0 Å². The summed E-state index contributed by atoms with van der Waals surface area (Å²) in [6.45, 7) is 16.6. The van der Waals surface area contributed by atoms with E-state index in [-0.39, 0.29) is 11.9 Å². The molecule has 2 unspecified atom stereocenters. The lowest BCUT2D eigenvalue weighted by atomic mass is 9.89. The molecular formula is C56H108O4. The lowest BCUT2D eigenvalue weighted by Gasteiger charge is -2.16. The van der Waals surface area contributed by atoms with Crippen molar-refractivity contribution in [2.75, 3.05) is 6.61 Å². The second-order valence-electron chi connectivity index (χ2n) is 19.6. The van der Waals surface area contributed by atoms with Crippen molar-refractivity contribution in [1.29, 1.82) is 0 Å². The molecule has 0 aliphatic rings. The number of esters is 1. The molecule has 0 aromatic rings. The van der Waals surface area contributed by atoms with Crippen molar-refractivity contribution in [2.45, 2.75) is 292 Å². The molecule has 4 heteroatoms. The summed E-state index contributed by atoms with van der Waals surface area (Å²) in [5, 5.41) is 9.53. The van der Waals surface area contributed by atoms with Crippen molar-refractivity contribution in [3.8, 4) is 0 Å². The molecule has 0 heterocycles. The van der Waals surface area contributed by atoms with E-state index in [2.05, 4.69) is 72.8 Å². The third-order valence-corrected chi connectivity index (χ3v) is 12.2. The van der Waals surface area contributed by atoms with Gasteiger partial charge in [-0.15, -0.1) is 0 Å². The number of unbranched alkanes of at least 4 members (excludes halogenated alkanes) is 25. The summed E-state index contributed by atoms with van der Waals surface area (Å²) in [4.78, 5) is 23.3. The molecule has 0 saturated carbocycles. The highest BCUT2D eigenvalue weighted by molar-refractivity contribution is 5.70. The number of carboxylic acid groups (broad SMARTS) is 1. The summed E-state index contributed by atoms with van der Waals surface area (Å²) in [5.74, 6) is 1.56. The van der Waals surface area contributed by atoms with Crippen molar-refractivity contribution in [1.82, 2.24) is 0 Å². The van der Waals surface area contributed by atoms with E-state index in [9.17, 15) is 14.7 Å². The van der Waals surface area contributed by atoms with Gasteiger partial charge in [0, 0.05) is 6.42 Å². The smallest absolute Gasteiger partial charge is 0.306 e. The van der Waals surface area contributed by atoms with Crippen molar-refractivity contribution in [3.05, 3.63) is 24.3 Å². The van der Waals surface area contributed by atoms with Crippen LogP contribution in [0.4, 0.5) is 0 Å². The van der Waals surface area contributed by atoms with Gasteiger partial charge in [-0.05, 0) is 101 Å². The van der Waals surface area contributed by atoms with Crippen LogP contribution in [-0.4, -0.2) is 23.7 Å². The van der Waals surface area contributed by atoms with Gasteiger partial charge in [0.25, 0.3) is 0 Å². The van der Waals surface area contributed by atoms with E-state index in [4.69, 9.17) is 4.74 Å². The average molecular weight is 845 g/mol. The summed E-state index contributed by atoms with van der Waals surface area (Å²) in [6.07, 6.45) is 56.3. The summed E-state index contributed by atoms with van der Waals surface area (Å²) in [7, 11) is 0. The number of carbonyl (C=O) groups excluding carboxylic acids is 1. The Hall–Kier alpha value is -1.58. The molecular weight excluding hydrogens is 737 g/mol. The monoisotopic (exact) mass is 845 g/mol. The summed E-state index contributed by atoms with van der Waals surface area (Å²) in [5.41, 5.74) is 0. The highest BCUT2D eigenvalue weighted by atomic mass is 16.5. The van der Waals surface area contributed by atoms with Gasteiger partial charge in [-0.2, -0.15) is 0 Å². The molecule has 0 spiro atoms. The van der Waals surface area contributed by atoms with Gasteiger partial charge in [0.2, 0.25) is 0 Å². The van der Waals surface area contributed by atoms with E-state index in [1.165, 1.54) is 193 Å². The molecule has 0 amide bonds. The number of ether oxygens (including phenoxy) is 1. The zero-order chi connectivity index (χ0) is 44.6. The molecule has 0 saturated heterocycles. The molecule has 0 aromatic heterocycles. The predicted molar refractivity (Wildman–Crippen MR) is 266 cm³/mol. The summed E-state index contributed by atoms with van der Waals surface area (Å²) < 4.78 is 5.36. The van der Waals surface area contributed by atoms with Crippen LogP contribution in [0.25, 0.3) is 0 Å². The Kier molecular flexibility index (Phi) is 50.5. The Labute approximate surface area is 377 Å². The minimum atomic E-state index is -0.581. The first kappa shape index (κ1) is 60.5. The molecule has 1 N–H and O–H groups in total. The Morgan fingerprint density at radius 1 is 0.417 bits per heavy atom. The fraction of sp³-hybridized carbons (Fsp3) is 0.893. The molecule has 0 bridgehead atoms. The molecule has 0 aromatic carbocycles. The number of allylic oxidation sites excluding steroid dienone is 4. The second-order valence-corrected chi connectivity index (χ2v) is 19.6. The van der Waals surface area contributed by atoms with Crippen LogP contribution in [0.15, 0.2) is 24.3 Å². The number of carbonyl (C=O) groups is 2. The Morgan fingerprint density at radius 2 is 0.800 bits per heavy atom. The molecule has 0 aliphatic carbocycles. The Morgan fingerprint density at radius 3 is 1.25 bits per heavy atom. The van der Waals surface area contributed by atoms with Gasteiger partial charge < -0.3 is 9.84 Å². The minimum absolute atomic E-state index is 0.00688. The summed E-state index contributed by atoms with van der Waals surface area (Å²) >= 11 is 0. The molecule has 60 heavy (non-hydrogen) atoms. The van der Waals surface area contributed by atoms with Gasteiger partial charge in [0.1, 0.15) is 0 Å². The fourth-order valence-electron chi connectivity index (χ4n) is 7.96.